The summed E-state index contributed by atoms with van der Waals surface area (Å²) in [5.74, 6) is 1.34. The number of hydrogen-bond acceptors (Lipinski definition) is 4. The number of ether oxygens (including phenoxy) is 1. The van der Waals surface area contributed by atoms with Gasteiger partial charge in [-0.15, -0.1) is 12.4 Å². The molecule has 0 bridgehead atoms. The van der Waals surface area contributed by atoms with Gasteiger partial charge < -0.3 is 15.4 Å². The summed E-state index contributed by atoms with van der Waals surface area (Å²) in [7, 11) is 1.58. The Morgan fingerprint density at radius 3 is 2.75 bits per heavy atom. The van der Waals surface area contributed by atoms with Crippen molar-refractivity contribution >= 4 is 24.1 Å². The Hall–Kier alpha value is -1.33. The molecule has 1 saturated heterocycles. The summed E-state index contributed by atoms with van der Waals surface area (Å²) in [4.78, 5) is 15.6. The van der Waals surface area contributed by atoms with Gasteiger partial charge in [-0.1, -0.05) is 0 Å². The minimum Gasteiger partial charge on any atom is -0.495 e. The highest BCUT2D eigenvalue weighted by atomic mass is 35.5. The Morgan fingerprint density at radius 2 is 2.31 bits per heavy atom. The molecule has 1 aliphatic rings. The van der Waals surface area contributed by atoms with Crippen LogP contribution in [0.15, 0.2) is 18.3 Å². The number of nitrogens with one attached hydrogen (secondary N) is 2. The fraction of sp³-hybridized carbons (Fsp3) is 0.400. The molecule has 2 heterocycles. The van der Waals surface area contributed by atoms with Crippen LogP contribution in [-0.4, -0.2) is 31.1 Å². The van der Waals surface area contributed by atoms with Crippen molar-refractivity contribution in [2.24, 2.45) is 5.92 Å². The zero-order chi connectivity index (χ0) is 10.7. The first-order valence-corrected chi connectivity index (χ1v) is 4.81. The van der Waals surface area contributed by atoms with Gasteiger partial charge >= 0.3 is 0 Å². The molecule has 0 saturated carbocycles. The average molecular weight is 244 g/mol. The molecule has 0 aliphatic carbocycles. The molecular weight excluding hydrogens is 230 g/mol. The third-order valence-corrected chi connectivity index (χ3v) is 2.38. The number of nitrogens with zero attached hydrogens (tertiary/aromatic N) is 1. The van der Waals surface area contributed by atoms with Crippen molar-refractivity contribution in [1.82, 2.24) is 10.3 Å². The van der Waals surface area contributed by atoms with Gasteiger partial charge in [-0.3, -0.25) is 4.79 Å². The quantitative estimate of drug-likeness (QED) is 0.819. The van der Waals surface area contributed by atoms with Crippen molar-refractivity contribution in [1.29, 1.82) is 0 Å². The number of carbonyl (C=O) groups is 1. The van der Waals surface area contributed by atoms with E-state index >= 15 is 0 Å². The molecule has 88 valence electrons. The highest BCUT2D eigenvalue weighted by Gasteiger charge is 2.24. The number of aromatic nitrogens is 1. The van der Waals surface area contributed by atoms with E-state index in [4.69, 9.17) is 4.74 Å². The molecule has 1 aliphatic heterocycles. The number of rotatable bonds is 3. The van der Waals surface area contributed by atoms with Gasteiger partial charge in [0, 0.05) is 13.1 Å². The van der Waals surface area contributed by atoms with Crippen LogP contribution >= 0.6 is 12.4 Å². The van der Waals surface area contributed by atoms with E-state index in [-0.39, 0.29) is 24.2 Å². The summed E-state index contributed by atoms with van der Waals surface area (Å²) in [6.45, 7) is 1.50. The van der Waals surface area contributed by atoms with Crippen molar-refractivity contribution in [2.75, 3.05) is 25.5 Å². The second-order valence-electron chi connectivity index (χ2n) is 3.43. The van der Waals surface area contributed by atoms with Crippen LogP contribution in [0.5, 0.6) is 5.75 Å². The standard InChI is InChI=1S/C10H13N3O2.ClH/c1-15-8-2-3-9(12-6-8)13-10(14)7-4-11-5-7;/h2-3,6-7,11H,4-5H2,1H3,(H,12,13,14);1H. The molecule has 0 unspecified atom stereocenters. The first-order chi connectivity index (χ1) is 7.29. The first kappa shape index (κ1) is 12.7. The van der Waals surface area contributed by atoms with E-state index in [1.165, 1.54) is 0 Å². The highest BCUT2D eigenvalue weighted by molar-refractivity contribution is 5.92. The van der Waals surface area contributed by atoms with Crippen LogP contribution in [0.3, 0.4) is 0 Å². The molecule has 1 fully saturated rings. The van der Waals surface area contributed by atoms with Gasteiger partial charge in [-0.25, -0.2) is 4.98 Å². The summed E-state index contributed by atoms with van der Waals surface area (Å²) in [5.41, 5.74) is 0. The molecule has 5 nitrogen and oxygen atoms in total. The molecule has 0 spiro atoms. The Kier molecular flexibility index (Phi) is 4.52. The lowest BCUT2D eigenvalue weighted by Gasteiger charge is -2.25. The van der Waals surface area contributed by atoms with Gasteiger partial charge in [0.1, 0.15) is 11.6 Å². The third-order valence-electron chi connectivity index (χ3n) is 2.38. The van der Waals surface area contributed by atoms with Crippen LogP contribution < -0.4 is 15.4 Å². The van der Waals surface area contributed by atoms with Gasteiger partial charge in [-0.05, 0) is 12.1 Å². The van der Waals surface area contributed by atoms with Crippen LogP contribution in [-0.2, 0) is 4.79 Å². The van der Waals surface area contributed by atoms with Crippen LogP contribution in [0.2, 0.25) is 0 Å². The fourth-order valence-electron chi connectivity index (χ4n) is 1.28. The molecule has 0 aromatic carbocycles. The van der Waals surface area contributed by atoms with E-state index in [0.29, 0.717) is 11.6 Å². The number of carbonyl (C=O) groups excluding carboxylic acids is 1. The van der Waals surface area contributed by atoms with Crippen molar-refractivity contribution in [3.8, 4) is 5.75 Å². The van der Waals surface area contributed by atoms with Crippen LogP contribution in [0.25, 0.3) is 0 Å². The van der Waals surface area contributed by atoms with Gasteiger partial charge in [0.25, 0.3) is 0 Å². The van der Waals surface area contributed by atoms with Crippen LogP contribution in [0.4, 0.5) is 5.82 Å². The van der Waals surface area contributed by atoms with Crippen molar-refractivity contribution in [3.63, 3.8) is 0 Å². The summed E-state index contributed by atoms with van der Waals surface area (Å²) < 4.78 is 4.97. The Balaban J connectivity index is 0.00000128. The summed E-state index contributed by atoms with van der Waals surface area (Å²) in [6, 6.07) is 3.49. The predicted octanol–water partition coefficient (Wildman–Crippen LogP) is 0.670. The fourth-order valence-corrected chi connectivity index (χ4v) is 1.28. The van der Waals surface area contributed by atoms with E-state index in [2.05, 4.69) is 15.6 Å². The maximum Gasteiger partial charge on any atom is 0.231 e. The maximum absolute atomic E-state index is 11.5. The maximum atomic E-state index is 11.5. The lowest BCUT2D eigenvalue weighted by molar-refractivity contribution is -0.121. The predicted molar refractivity (Wildman–Crippen MR) is 63.0 cm³/mol. The Bertz CT molecular complexity index is 352. The summed E-state index contributed by atoms with van der Waals surface area (Å²) >= 11 is 0. The highest BCUT2D eigenvalue weighted by Crippen LogP contribution is 2.12. The topological polar surface area (TPSA) is 63.2 Å². The van der Waals surface area contributed by atoms with Crippen molar-refractivity contribution < 1.29 is 9.53 Å². The van der Waals surface area contributed by atoms with E-state index in [1.54, 1.807) is 25.4 Å². The first-order valence-electron chi connectivity index (χ1n) is 4.81. The number of halogens is 1. The van der Waals surface area contributed by atoms with E-state index in [1.807, 2.05) is 0 Å². The molecule has 0 radical (unpaired) electrons. The normalized spacial score (nSPS) is 14.6. The monoisotopic (exact) mass is 243 g/mol. The number of anilines is 1. The minimum atomic E-state index is 0. The van der Waals surface area contributed by atoms with Crippen molar-refractivity contribution in [2.45, 2.75) is 0 Å². The molecule has 1 aromatic heterocycles. The smallest absolute Gasteiger partial charge is 0.231 e. The van der Waals surface area contributed by atoms with Gasteiger partial charge in [-0.2, -0.15) is 0 Å². The van der Waals surface area contributed by atoms with Gasteiger partial charge in [0.15, 0.2) is 0 Å². The van der Waals surface area contributed by atoms with Gasteiger partial charge in [0.2, 0.25) is 5.91 Å². The molecule has 6 heteroatoms. The van der Waals surface area contributed by atoms with E-state index in [0.717, 1.165) is 13.1 Å². The number of hydrogen-bond donors (Lipinski definition) is 2. The lowest BCUT2D eigenvalue weighted by Crippen LogP contribution is -2.48. The van der Waals surface area contributed by atoms with E-state index in [9.17, 15) is 4.79 Å². The SMILES string of the molecule is COc1ccc(NC(=O)C2CNC2)nc1.Cl. The van der Waals surface area contributed by atoms with Crippen molar-refractivity contribution in [3.05, 3.63) is 18.3 Å². The zero-order valence-corrected chi connectivity index (χ0v) is 9.71. The third kappa shape index (κ3) is 2.84. The largest absolute Gasteiger partial charge is 0.495 e. The minimum absolute atomic E-state index is 0. The van der Waals surface area contributed by atoms with E-state index < -0.39 is 0 Å². The Morgan fingerprint density at radius 1 is 1.56 bits per heavy atom. The summed E-state index contributed by atoms with van der Waals surface area (Å²) in [6.07, 6.45) is 1.58. The molecule has 1 aromatic rings. The summed E-state index contributed by atoms with van der Waals surface area (Å²) in [5, 5.41) is 5.79. The second-order valence-corrected chi connectivity index (χ2v) is 3.43. The van der Waals surface area contributed by atoms with Crippen LogP contribution in [0.1, 0.15) is 0 Å². The molecular formula is C10H14ClN3O2. The number of amides is 1. The second kappa shape index (κ2) is 5.67. The number of pyridine rings is 1. The molecule has 2 N–H and O–H groups in total. The lowest BCUT2D eigenvalue weighted by atomic mass is 10.0. The molecule has 0 atom stereocenters. The average Bonchev–Trinajstić information content (AvgIpc) is 2.16. The van der Waals surface area contributed by atoms with Gasteiger partial charge in [0.05, 0.1) is 19.2 Å². The molecule has 16 heavy (non-hydrogen) atoms. The Labute approximate surface area is 100.0 Å². The zero-order valence-electron chi connectivity index (χ0n) is 8.90. The molecule has 2 rings (SSSR count). The molecule has 1 amide bonds. The van der Waals surface area contributed by atoms with Crippen LogP contribution in [0, 0.1) is 5.92 Å². The number of methoxy groups -OCH3 is 1.